The normalized spacial score (nSPS) is 14.1. The molecule has 100 valence electrons. The van der Waals surface area contributed by atoms with E-state index in [0.717, 1.165) is 0 Å². The van der Waals surface area contributed by atoms with Crippen LogP contribution in [0, 0.1) is 5.92 Å². The topological polar surface area (TPSA) is 55.8 Å². The van der Waals surface area contributed by atoms with Crippen LogP contribution in [0.5, 0.6) is 0 Å². The minimum atomic E-state index is -0.694. The maximum atomic E-state index is 11.1. The first kappa shape index (κ1) is 16.0. The lowest BCUT2D eigenvalue weighted by molar-refractivity contribution is -0.00253. The minimum Gasteiger partial charge on any atom is -0.430 e. The summed E-state index contributed by atoms with van der Waals surface area (Å²) in [6, 6.07) is 0. The molecule has 4 heteroatoms. The summed E-state index contributed by atoms with van der Waals surface area (Å²) in [5.41, 5.74) is -0.544. The molecule has 0 aromatic carbocycles. The van der Waals surface area contributed by atoms with Gasteiger partial charge >= 0.3 is 6.16 Å². The summed E-state index contributed by atoms with van der Waals surface area (Å²) in [5.74, 6) is 0.432. The van der Waals surface area contributed by atoms with Gasteiger partial charge in [-0.05, 0) is 39.2 Å². The van der Waals surface area contributed by atoms with Crippen LogP contribution in [0.15, 0.2) is 12.2 Å². The van der Waals surface area contributed by atoms with Gasteiger partial charge in [-0.3, -0.25) is 0 Å². The number of ether oxygens (including phenoxy) is 2. The molecule has 1 atom stereocenters. The van der Waals surface area contributed by atoms with E-state index in [1.165, 1.54) is 0 Å². The van der Waals surface area contributed by atoms with Gasteiger partial charge in [-0.15, -0.1) is 0 Å². The predicted octanol–water partition coefficient (Wildman–Crippen LogP) is 2.90. The van der Waals surface area contributed by atoms with E-state index in [2.05, 4.69) is 0 Å². The lowest BCUT2D eigenvalue weighted by Gasteiger charge is -2.18. The van der Waals surface area contributed by atoms with Crippen molar-refractivity contribution in [2.75, 3.05) is 6.61 Å². The second-order valence-corrected chi connectivity index (χ2v) is 5.40. The van der Waals surface area contributed by atoms with Crippen LogP contribution in [0.2, 0.25) is 0 Å². The Balaban J connectivity index is 3.76. The summed E-state index contributed by atoms with van der Waals surface area (Å²) in [4.78, 5) is 11.1. The van der Waals surface area contributed by atoms with E-state index in [4.69, 9.17) is 9.47 Å². The largest absolute Gasteiger partial charge is 0.509 e. The fourth-order valence-corrected chi connectivity index (χ4v) is 1.17. The van der Waals surface area contributed by atoms with Crippen LogP contribution in [0.1, 0.15) is 41.0 Å². The van der Waals surface area contributed by atoms with Crippen molar-refractivity contribution in [1.82, 2.24) is 0 Å². The number of aliphatic hydroxyl groups excluding tert-OH is 1. The minimum absolute atomic E-state index is 0.115. The fraction of sp³-hybridized carbons (Fsp3) is 0.769. The summed E-state index contributed by atoms with van der Waals surface area (Å²) >= 11 is 0. The van der Waals surface area contributed by atoms with Crippen LogP contribution in [-0.2, 0) is 9.47 Å². The molecule has 0 amide bonds. The molecule has 0 aromatic rings. The maximum Gasteiger partial charge on any atom is 0.509 e. The van der Waals surface area contributed by atoms with E-state index < -0.39 is 17.9 Å². The van der Waals surface area contributed by atoms with Crippen molar-refractivity contribution in [1.29, 1.82) is 0 Å². The Bertz CT molecular complexity index is 251. The lowest BCUT2D eigenvalue weighted by atomic mass is 10.1. The smallest absolute Gasteiger partial charge is 0.430 e. The van der Waals surface area contributed by atoms with Crippen molar-refractivity contribution in [3.8, 4) is 0 Å². The summed E-state index contributed by atoms with van der Waals surface area (Å²) in [7, 11) is 0. The molecule has 0 aliphatic heterocycles. The van der Waals surface area contributed by atoms with Crippen LogP contribution < -0.4 is 0 Å². The molecule has 1 N–H and O–H groups in total. The van der Waals surface area contributed by atoms with Crippen molar-refractivity contribution < 1.29 is 19.4 Å². The Morgan fingerprint density at radius 2 is 1.94 bits per heavy atom. The van der Waals surface area contributed by atoms with Gasteiger partial charge in [0.2, 0.25) is 0 Å². The molecule has 0 saturated carbocycles. The molecule has 0 bridgehead atoms. The van der Waals surface area contributed by atoms with E-state index in [9.17, 15) is 9.90 Å². The highest BCUT2D eigenvalue weighted by Crippen LogP contribution is 2.08. The van der Waals surface area contributed by atoms with Crippen molar-refractivity contribution >= 4 is 6.16 Å². The average molecular weight is 244 g/mol. The van der Waals surface area contributed by atoms with Crippen LogP contribution in [0.3, 0.4) is 0 Å². The van der Waals surface area contributed by atoms with Gasteiger partial charge in [-0.25, -0.2) is 4.79 Å². The van der Waals surface area contributed by atoms with E-state index in [-0.39, 0.29) is 6.61 Å². The molecule has 0 fully saturated rings. The molecule has 0 aliphatic rings. The van der Waals surface area contributed by atoms with Crippen molar-refractivity contribution in [3.63, 3.8) is 0 Å². The summed E-state index contributed by atoms with van der Waals surface area (Å²) in [6.45, 7) is 9.51. The van der Waals surface area contributed by atoms with Gasteiger partial charge < -0.3 is 14.6 Å². The third-order valence-corrected chi connectivity index (χ3v) is 1.76. The fourth-order valence-electron chi connectivity index (χ4n) is 1.17. The highest BCUT2D eigenvalue weighted by atomic mass is 16.7. The van der Waals surface area contributed by atoms with Gasteiger partial charge in [0.1, 0.15) is 12.2 Å². The molecular formula is C13H24O4. The van der Waals surface area contributed by atoms with Crippen molar-refractivity contribution in [2.24, 2.45) is 5.92 Å². The van der Waals surface area contributed by atoms with Gasteiger partial charge in [0.15, 0.2) is 0 Å². The maximum absolute atomic E-state index is 11.1. The standard InChI is InChI=1S/C13H24O4/c1-10(2)9-11(14)7-6-8-16-12(15)17-13(3,4)5/h6-7,10-11,14H,8-9H2,1-5H3/b7-6-/t11-/m1/s1. The SMILES string of the molecule is CC(C)C[C@H](O)/C=C\COC(=O)OC(C)(C)C. The van der Waals surface area contributed by atoms with Crippen LogP contribution in [0.4, 0.5) is 4.79 Å². The highest BCUT2D eigenvalue weighted by Gasteiger charge is 2.16. The zero-order valence-corrected chi connectivity index (χ0v) is 11.4. The molecule has 0 spiro atoms. The second kappa shape index (κ2) is 7.33. The molecule has 0 aliphatic carbocycles. The van der Waals surface area contributed by atoms with Crippen LogP contribution in [0.25, 0.3) is 0 Å². The molecule has 0 rings (SSSR count). The lowest BCUT2D eigenvalue weighted by Crippen LogP contribution is -2.24. The molecule has 0 radical (unpaired) electrons. The number of carbonyl (C=O) groups is 1. The molecule has 0 heterocycles. The first-order valence-electron chi connectivity index (χ1n) is 5.91. The summed E-state index contributed by atoms with van der Waals surface area (Å²) in [5, 5.41) is 9.51. The zero-order chi connectivity index (χ0) is 13.5. The molecule has 0 saturated heterocycles. The number of hydrogen-bond donors (Lipinski definition) is 1. The molecule has 0 unspecified atom stereocenters. The summed E-state index contributed by atoms with van der Waals surface area (Å²) in [6.07, 6.45) is 2.77. The second-order valence-electron chi connectivity index (χ2n) is 5.40. The predicted molar refractivity (Wildman–Crippen MR) is 66.8 cm³/mol. The van der Waals surface area contributed by atoms with Crippen molar-refractivity contribution in [3.05, 3.63) is 12.2 Å². The first-order chi connectivity index (χ1) is 7.70. The van der Waals surface area contributed by atoms with E-state index >= 15 is 0 Å². The van der Waals surface area contributed by atoms with E-state index in [0.29, 0.717) is 12.3 Å². The molecular weight excluding hydrogens is 220 g/mol. The Morgan fingerprint density at radius 3 is 2.41 bits per heavy atom. The molecule has 4 nitrogen and oxygen atoms in total. The molecule has 0 aromatic heterocycles. The van der Waals surface area contributed by atoms with Gasteiger partial charge in [0.05, 0.1) is 6.10 Å². The first-order valence-corrected chi connectivity index (χ1v) is 5.91. The quantitative estimate of drug-likeness (QED) is 0.597. The monoisotopic (exact) mass is 244 g/mol. The van der Waals surface area contributed by atoms with Gasteiger partial charge in [-0.2, -0.15) is 0 Å². The Kier molecular flexibility index (Phi) is 6.88. The number of rotatable bonds is 5. The van der Waals surface area contributed by atoms with E-state index in [1.807, 2.05) is 13.8 Å². The van der Waals surface area contributed by atoms with Gasteiger partial charge in [0, 0.05) is 0 Å². The highest BCUT2D eigenvalue weighted by molar-refractivity contribution is 5.60. The summed E-state index contributed by atoms with van der Waals surface area (Å²) < 4.78 is 9.77. The molecule has 17 heavy (non-hydrogen) atoms. The third-order valence-electron chi connectivity index (χ3n) is 1.76. The zero-order valence-electron chi connectivity index (χ0n) is 11.4. The number of carbonyl (C=O) groups excluding carboxylic acids is 1. The number of hydrogen-bond acceptors (Lipinski definition) is 4. The van der Waals surface area contributed by atoms with E-state index in [1.54, 1.807) is 32.9 Å². The van der Waals surface area contributed by atoms with Gasteiger partial charge in [0.25, 0.3) is 0 Å². The van der Waals surface area contributed by atoms with Crippen molar-refractivity contribution in [2.45, 2.75) is 52.7 Å². The van der Waals surface area contributed by atoms with Gasteiger partial charge in [-0.1, -0.05) is 19.9 Å². The Hall–Kier alpha value is -1.03. The van der Waals surface area contributed by atoms with Crippen LogP contribution >= 0.6 is 0 Å². The Morgan fingerprint density at radius 1 is 1.35 bits per heavy atom. The Labute approximate surface area is 104 Å². The number of aliphatic hydroxyl groups is 1. The average Bonchev–Trinajstić information content (AvgIpc) is 2.08. The van der Waals surface area contributed by atoms with Crippen LogP contribution in [-0.4, -0.2) is 29.6 Å². The third kappa shape index (κ3) is 11.2.